The lowest BCUT2D eigenvalue weighted by atomic mass is 9.96. The first-order chi connectivity index (χ1) is 7.62. The number of benzene rings is 1. The third kappa shape index (κ3) is 2.44. The molecule has 0 aliphatic carbocycles. The second-order valence-electron chi connectivity index (χ2n) is 4.16. The molecule has 0 radical (unpaired) electrons. The predicted octanol–water partition coefficient (Wildman–Crippen LogP) is 1.27. The lowest BCUT2D eigenvalue weighted by Gasteiger charge is -2.20. The van der Waals surface area contributed by atoms with Crippen LogP contribution in [-0.2, 0) is 28.6 Å². The first-order valence-electron chi connectivity index (χ1n) is 5.63. The molecule has 3 nitrogen and oxygen atoms in total. The van der Waals surface area contributed by atoms with E-state index in [1.165, 1.54) is 11.1 Å². The van der Waals surface area contributed by atoms with Crippen LogP contribution in [0.4, 0.5) is 0 Å². The highest BCUT2D eigenvalue weighted by molar-refractivity contribution is 7.90. The third-order valence-electron chi connectivity index (χ3n) is 3.05. The number of fused-ring (bicyclic) bond motifs is 1. The van der Waals surface area contributed by atoms with Crippen LogP contribution in [0, 0.1) is 0 Å². The average Bonchev–Trinajstić information content (AvgIpc) is 2.29. The van der Waals surface area contributed by atoms with Gasteiger partial charge in [-0.25, -0.2) is 8.42 Å². The van der Waals surface area contributed by atoms with Gasteiger partial charge in [0.1, 0.15) is 0 Å². The van der Waals surface area contributed by atoms with Gasteiger partial charge >= 0.3 is 0 Å². The molecule has 0 unspecified atom stereocenters. The molecular weight excluding hydrogens is 222 g/mol. The van der Waals surface area contributed by atoms with Gasteiger partial charge in [-0.15, -0.1) is 0 Å². The van der Waals surface area contributed by atoms with E-state index in [1.54, 1.807) is 6.92 Å². The first kappa shape index (κ1) is 11.6. The largest absolute Gasteiger partial charge is 0.312 e. The van der Waals surface area contributed by atoms with Crippen molar-refractivity contribution in [3.63, 3.8) is 0 Å². The van der Waals surface area contributed by atoms with Crippen molar-refractivity contribution in [2.75, 3.05) is 12.3 Å². The smallest absolute Gasteiger partial charge is 0.154 e. The minimum absolute atomic E-state index is 0.187. The van der Waals surface area contributed by atoms with Gasteiger partial charge in [0.15, 0.2) is 9.84 Å². The normalized spacial score (nSPS) is 15.8. The summed E-state index contributed by atoms with van der Waals surface area (Å²) in [4.78, 5) is 0. The van der Waals surface area contributed by atoms with E-state index >= 15 is 0 Å². The molecule has 88 valence electrons. The number of sulfone groups is 1. The summed E-state index contributed by atoms with van der Waals surface area (Å²) in [5.74, 6) is 0.404. The molecule has 1 aliphatic rings. The maximum atomic E-state index is 11.6. The molecule has 0 saturated heterocycles. The zero-order valence-corrected chi connectivity index (χ0v) is 10.3. The summed E-state index contributed by atoms with van der Waals surface area (Å²) in [7, 11) is -2.93. The van der Waals surface area contributed by atoms with Crippen LogP contribution in [0.3, 0.4) is 0 Å². The molecule has 0 amide bonds. The molecule has 1 N–H and O–H groups in total. The van der Waals surface area contributed by atoms with Gasteiger partial charge < -0.3 is 5.32 Å². The van der Waals surface area contributed by atoms with Gasteiger partial charge in [-0.1, -0.05) is 25.1 Å². The average molecular weight is 239 g/mol. The Kier molecular flexibility index (Phi) is 3.30. The second-order valence-corrected chi connectivity index (χ2v) is 6.51. The van der Waals surface area contributed by atoms with Crippen LogP contribution in [-0.4, -0.2) is 20.7 Å². The summed E-state index contributed by atoms with van der Waals surface area (Å²) in [6, 6.07) is 5.97. The number of hydrogen-bond acceptors (Lipinski definition) is 3. The van der Waals surface area contributed by atoms with Crippen LogP contribution in [0.25, 0.3) is 0 Å². The predicted molar refractivity (Wildman–Crippen MR) is 65.0 cm³/mol. The van der Waals surface area contributed by atoms with E-state index in [-0.39, 0.29) is 11.5 Å². The molecule has 0 spiro atoms. The van der Waals surface area contributed by atoms with E-state index in [2.05, 4.69) is 11.4 Å². The molecule has 2 rings (SSSR count). The fourth-order valence-electron chi connectivity index (χ4n) is 2.09. The summed E-state index contributed by atoms with van der Waals surface area (Å²) in [5.41, 5.74) is 3.47. The minimum atomic E-state index is -2.93. The summed E-state index contributed by atoms with van der Waals surface area (Å²) in [6.07, 6.45) is 0.935. The second kappa shape index (κ2) is 4.55. The molecule has 0 fully saturated rings. The van der Waals surface area contributed by atoms with Gasteiger partial charge in [0.2, 0.25) is 0 Å². The van der Waals surface area contributed by atoms with Crippen LogP contribution in [0.1, 0.15) is 23.6 Å². The van der Waals surface area contributed by atoms with E-state index < -0.39 is 9.84 Å². The molecule has 16 heavy (non-hydrogen) atoms. The number of rotatable bonds is 3. The van der Waals surface area contributed by atoms with Crippen LogP contribution in [0.15, 0.2) is 18.2 Å². The third-order valence-corrected chi connectivity index (χ3v) is 4.68. The van der Waals surface area contributed by atoms with E-state index in [9.17, 15) is 8.42 Å². The maximum absolute atomic E-state index is 11.6. The Balaban J connectivity index is 2.35. The van der Waals surface area contributed by atoms with Crippen molar-refractivity contribution >= 4 is 9.84 Å². The summed E-state index contributed by atoms with van der Waals surface area (Å²) < 4.78 is 23.3. The zero-order chi connectivity index (χ0) is 11.6. The summed E-state index contributed by atoms with van der Waals surface area (Å²) in [6.45, 7) is 3.50. The Morgan fingerprint density at radius 1 is 1.38 bits per heavy atom. The Bertz CT molecular complexity index is 480. The van der Waals surface area contributed by atoms with E-state index in [1.807, 2.05) is 12.1 Å². The molecule has 1 aromatic rings. The van der Waals surface area contributed by atoms with E-state index in [4.69, 9.17) is 0 Å². The van der Waals surface area contributed by atoms with Crippen molar-refractivity contribution in [3.05, 3.63) is 34.9 Å². The Hall–Kier alpha value is -0.870. The van der Waals surface area contributed by atoms with Crippen molar-refractivity contribution in [3.8, 4) is 0 Å². The fourth-order valence-corrected chi connectivity index (χ4v) is 3.03. The van der Waals surface area contributed by atoms with E-state index in [0.29, 0.717) is 0 Å². The highest BCUT2D eigenvalue weighted by Crippen LogP contribution is 2.20. The Labute approximate surface area is 96.8 Å². The van der Waals surface area contributed by atoms with Crippen molar-refractivity contribution in [2.24, 2.45) is 0 Å². The van der Waals surface area contributed by atoms with Crippen molar-refractivity contribution < 1.29 is 8.42 Å². The Morgan fingerprint density at radius 2 is 2.19 bits per heavy atom. The van der Waals surface area contributed by atoms with Crippen molar-refractivity contribution in [1.29, 1.82) is 0 Å². The molecule has 4 heteroatoms. The van der Waals surface area contributed by atoms with Crippen molar-refractivity contribution in [1.82, 2.24) is 5.32 Å². The summed E-state index contributed by atoms with van der Waals surface area (Å²) >= 11 is 0. The van der Waals surface area contributed by atoms with Gasteiger partial charge in [-0.2, -0.15) is 0 Å². The van der Waals surface area contributed by atoms with E-state index in [0.717, 1.165) is 25.1 Å². The van der Waals surface area contributed by atoms with Gasteiger partial charge in [-0.05, 0) is 29.7 Å². The lowest BCUT2D eigenvalue weighted by molar-refractivity contribution is 0.595. The summed E-state index contributed by atoms with van der Waals surface area (Å²) in [5, 5.41) is 3.30. The minimum Gasteiger partial charge on any atom is -0.312 e. The quantitative estimate of drug-likeness (QED) is 0.864. The standard InChI is InChI=1S/C12H17NO2S/c1-2-16(14,15)9-11-5-3-4-10-8-13-7-6-12(10)11/h3-5,13H,2,6-9H2,1H3. The fraction of sp³-hybridized carbons (Fsp3) is 0.500. The molecule has 1 aliphatic heterocycles. The topological polar surface area (TPSA) is 46.2 Å². The number of nitrogens with one attached hydrogen (secondary N) is 1. The highest BCUT2D eigenvalue weighted by Gasteiger charge is 2.16. The molecule has 0 aromatic heterocycles. The SMILES string of the molecule is CCS(=O)(=O)Cc1cccc2c1CCNC2. The maximum Gasteiger partial charge on any atom is 0.154 e. The van der Waals surface area contributed by atoms with Crippen LogP contribution in [0.2, 0.25) is 0 Å². The molecule has 1 heterocycles. The molecule has 1 aromatic carbocycles. The molecule has 0 bridgehead atoms. The molecule has 0 atom stereocenters. The van der Waals surface area contributed by atoms with Crippen LogP contribution in [0.5, 0.6) is 0 Å². The highest BCUT2D eigenvalue weighted by atomic mass is 32.2. The molecule has 0 saturated carbocycles. The van der Waals surface area contributed by atoms with Crippen LogP contribution >= 0.6 is 0 Å². The van der Waals surface area contributed by atoms with Gasteiger partial charge in [0.05, 0.1) is 5.75 Å². The Morgan fingerprint density at radius 3 is 2.94 bits per heavy atom. The monoisotopic (exact) mass is 239 g/mol. The van der Waals surface area contributed by atoms with Crippen LogP contribution < -0.4 is 5.32 Å². The van der Waals surface area contributed by atoms with Crippen molar-refractivity contribution in [2.45, 2.75) is 25.6 Å². The lowest BCUT2D eigenvalue weighted by Crippen LogP contribution is -2.25. The van der Waals surface area contributed by atoms with Gasteiger partial charge in [0.25, 0.3) is 0 Å². The first-order valence-corrected chi connectivity index (χ1v) is 7.45. The van der Waals surface area contributed by atoms with Gasteiger partial charge in [0, 0.05) is 12.3 Å². The van der Waals surface area contributed by atoms with Gasteiger partial charge in [-0.3, -0.25) is 0 Å². The molecular formula is C12H17NO2S. The number of hydrogen-bond donors (Lipinski definition) is 1. The zero-order valence-electron chi connectivity index (χ0n) is 9.49.